The summed E-state index contributed by atoms with van der Waals surface area (Å²) in [6.07, 6.45) is 3.42. The monoisotopic (exact) mass is 270 g/mol. The van der Waals surface area contributed by atoms with Crippen molar-refractivity contribution in [3.05, 3.63) is 53.6 Å². The van der Waals surface area contributed by atoms with E-state index in [0.717, 1.165) is 17.1 Å². The third-order valence-corrected chi connectivity index (χ3v) is 2.76. The molecule has 1 heterocycles. The summed E-state index contributed by atoms with van der Waals surface area (Å²) in [6.45, 7) is 4.66. The van der Waals surface area contributed by atoms with Gasteiger partial charge in [-0.15, -0.1) is 0 Å². The Labute approximate surface area is 118 Å². The van der Waals surface area contributed by atoms with Gasteiger partial charge in [-0.2, -0.15) is 0 Å². The minimum absolute atomic E-state index is 0.0751. The van der Waals surface area contributed by atoms with Gasteiger partial charge in [0.2, 0.25) is 5.91 Å². The third-order valence-electron chi connectivity index (χ3n) is 2.76. The lowest BCUT2D eigenvalue weighted by Gasteiger charge is -2.07. The second-order valence-electron chi connectivity index (χ2n) is 4.67. The number of aryl methyl sites for hydroxylation is 2. The molecule has 1 aromatic heterocycles. The molecule has 0 atom stereocenters. The van der Waals surface area contributed by atoms with Gasteiger partial charge in [-0.25, -0.2) is 0 Å². The van der Waals surface area contributed by atoms with E-state index in [4.69, 9.17) is 0 Å². The standard InChI is InChI=1S/C15H18N4O/c1-11-3-5-13(6-4-11)19-15(20)10-16-8-14-9-17-12(2)7-18-14/h3-7,9,16H,8,10H2,1-2H3,(H,19,20). The van der Waals surface area contributed by atoms with Crippen LogP contribution in [0.3, 0.4) is 0 Å². The zero-order valence-corrected chi connectivity index (χ0v) is 11.7. The van der Waals surface area contributed by atoms with E-state index in [1.165, 1.54) is 5.56 Å². The van der Waals surface area contributed by atoms with Gasteiger partial charge in [0.05, 0.1) is 17.9 Å². The van der Waals surface area contributed by atoms with Crippen molar-refractivity contribution < 1.29 is 4.79 Å². The molecule has 0 radical (unpaired) electrons. The average Bonchev–Trinajstić information content (AvgIpc) is 2.44. The largest absolute Gasteiger partial charge is 0.325 e. The van der Waals surface area contributed by atoms with Gasteiger partial charge in [0, 0.05) is 24.6 Å². The molecule has 0 saturated carbocycles. The highest BCUT2D eigenvalue weighted by Gasteiger charge is 2.02. The molecule has 104 valence electrons. The van der Waals surface area contributed by atoms with Gasteiger partial charge >= 0.3 is 0 Å². The van der Waals surface area contributed by atoms with Crippen LogP contribution in [0.1, 0.15) is 17.0 Å². The fraction of sp³-hybridized carbons (Fsp3) is 0.267. The summed E-state index contributed by atoms with van der Waals surface area (Å²) in [7, 11) is 0. The molecule has 2 N–H and O–H groups in total. The Hall–Kier alpha value is -2.27. The Morgan fingerprint density at radius 1 is 1.10 bits per heavy atom. The number of benzene rings is 1. The van der Waals surface area contributed by atoms with E-state index in [0.29, 0.717) is 6.54 Å². The van der Waals surface area contributed by atoms with Crippen LogP contribution >= 0.6 is 0 Å². The van der Waals surface area contributed by atoms with Crippen LogP contribution in [0.15, 0.2) is 36.7 Å². The number of nitrogens with one attached hydrogen (secondary N) is 2. The van der Waals surface area contributed by atoms with Crippen LogP contribution < -0.4 is 10.6 Å². The van der Waals surface area contributed by atoms with Crippen molar-refractivity contribution in [1.29, 1.82) is 0 Å². The van der Waals surface area contributed by atoms with Crippen LogP contribution in [-0.4, -0.2) is 22.4 Å². The Morgan fingerprint density at radius 3 is 2.50 bits per heavy atom. The quantitative estimate of drug-likeness (QED) is 0.869. The number of carbonyl (C=O) groups is 1. The lowest BCUT2D eigenvalue weighted by molar-refractivity contribution is -0.115. The Balaban J connectivity index is 1.75. The van der Waals surface area contributed by atoms with Crippen molar-refractivity contribution in [2.45, 2.75) is 20.4 Å². The van der Waals surface area contributed by atoms with Crippen molar-refractivity contribution in [1.82, 2.24) is 15.3 Å². The lowest BCUT2D eigenvalue weighted by atomic mass is 10.2. The van der Waals surface area contributed by atoms with Crippen LogP contribution in [0.25, 0.3) is 0 Å². The maximum Gasteiger partial charge on any atom is 0.238 e. The molecular formula is C15H18N4O. The van der Waals surface area contributed by atoms with Gasteiger partial charge in [0.25, 0.3) is 0 Å². The first-order chi connectivity index (χ1) is 9.63. The van der Waals surface area contributed by atoms with Crippen molar-refractivity contribution in [3.63, 3.8) is 0 Å². The van der Waals surface area contributed by atoms with Crippen LogP contribution in [0.5, 0.6) is 0 Å². The predicted octanol–water partition coefficient (Wildman–Crippen LogP) is 1.82. The maximum absolute atomic E-state index is 11.7. The van der Waals surface area contributed by atoms with Gasteiger partial charge in [-0.1, -0.05) is 17.7 Å². The molecule has 0 aliphatic rings. The van der Waals surface area contributed by atoms with Gasteiger partial charge in [0.15, 0.2) is 0 Å². The molecule has 0 fully saturated rings. The molecule has 5 nitrogen and oxygen atoms in total. The second kappa shape index (κ2) is 6.77. The number of rotatable bonds is 5. The molecule has 0 spiro atoms. The number of amides is 1. The molecule has 2 rings (SSSR count). The summed E-state index contributed by atoms with van der Waals surface area (Å²) in [5.41, 5.74) is 3.67. The van der Waals surface area contributed by atoms with Gasteiger partial charge in [-0.05, 0) is 26.0 Å². The lowest BCUT2D eigenvalue weighted by Crippen LogP contribution is -2.28. The molecule has 1 amide bonds. The zero-order valence-electron chi connectivity index (χ0n) is 11.7. The minimum atomic E-state index is -0.0751. The summed E-state index contributed by atoms with van der Waals surface area (Å²) in [5, 5.41) is 5.87. The van der Waals surface area contributed by atoms with Crippen LogP contribution in [0.4, 0.5) is 5.69 Å². The minimum Gasteiger partial charge on any atom is -0.325 e. The number of aromatic nitrogens is 2. The maximum atomic E-state index is 11.7. The van der Waals surface area contributed by atoms with Crippen molar-refractivity contribution >= 4 is 11.6 Å². The van der Waals surface area contributed by atoms with Gasteiger partial charge in [0.1, 0.15) is 0 Å². The van der Waals surface area contributed by atoms with E-state index < -0.39 is 0 Å². The highest BCUT2D eigenvalue weighted by Crippen LogP contribution is 2.07. The summed E-state index contributed by atoms with van der Waals surface area (Å²) in [4.78, 5) is 20.1. The number of nitrogens with zero attached hydrogens (tertiary/aromatic N) is 2. The molecule has 2 aromatic rings. The van der Waals surface area contributed by atoms with E-state index in [1.807, 2.05) is 38.1 Å². The fourth-order valence-corrected chi connectivity index (χ4v) is 1.66. The molecule has 5 heteroatoms. The van der Waals surface area contributed by atoms with Crippen LogP contribution in [0.2, 0.25) is 0 Å². The average molecular weight is 270 g/mol. The summed E-state index contributed by atoms with van der Waals surface area (Å²) < 4.78 is 0. The summed E-state index contributed by atoms with van der Waals surface area (Å²) >= 11 is 0. The topological polar surface area (TPSA) is 66.9 Å². The highest BCUT2D eigenvalue weighted by molar-refractivity contribution is 5.92. The molecule has 20 heavy (non-hydrogen) atoms. The molecule has 0 saturated heterocycles. The summed E-state index contributed by atoms with van der Waals surface area (Å²) in [6, 6.07) is 7.70. The predicted molar refractivity (Wildman–Crippen MR) is 78.3 cm³/mol. The molecular weight excluding hydrogens is 252 g/mol. The molecule has 0 bridgehead atoms. The second-order valence-corrected chi connectivity index (χ2v) is 4.67. The smallest absolute Gasteiger partial charge is 0.238 e. The summed E-state index contributed by atoms with van der Waals surface area (Å²) in [5.74, 6) is -0.0751. The van der Waals surface area contributed by atoms with E-state index in [-0.39, 0.29) is 12.5 Å². The van der Waals surface area contributed by atoms with E-state index in [1.54, 1.807) is 12.4 Å². The number of hydrogen-bond donors (Lipinski definition) is 2. The van der Waals surface area contributed by atoms with Gasteiger partial charge in [-0.3, -0.25) is 14.8 Å². The number of hydrogen-bond acceptors (Lipinski definition) is 4. The molecule has 0 unspecified atom stereocenters. The van der Waals surface area contributed by atoms with E-state index in [2.05, 4.69) is 20.6 Å². The first-order valence-corrected chi connectivity index (χ1v) is 6.48. The Kier molecular flexibility index (Phi) is 4.79. The number of anilines is 1. The zero-order chi connectivity index (χ0) is 14.4. The third kappa shape index (κ3) is 4.44. The van der Waals surface area contributed by atoms with Crippen molar-refractivity contribution in [2.75, 3.05) is 11.9 Å². The normalized spacial score (nSPS) is 10.3. The molecule has 0 aliphatic carbocycles. The fourth-order valence-electron chi connectivity index (χ4n) is 1.66. The van der Waals surface area contributed by atoms with Crippen LogP contribution in [-0.2, 0) is 11.3 Å². The molecule has 1 aromatic carbocycles. The highest BCUT2D eigenvalue weighted by atomic mass is 16.1. The van der Waals surface area contributed by atoms with E-state index >= 15 is 0 Å². The SMILES string of the molecule is Cc1ccc(NC(=O)CNCc2cnc(C)cn2)cc1. The Bertz CT molecular complexity index is 563. The number of carbonyl (C=O) groups excluding carboxylic acids is 1. The molecule has 0 aliphatic heterocycles. The van der Waals surface area contributed by atoms with E-state index in [9.17, 15) is 4.79 Å². The van der Waals surface area contributed by atoms with Crippen molar-refractivity contribution in [3.8, 4) is 0 Å². The van der Waals surface area contributed by atoms with Crippen molar-refractivity contribution in [2.24, 2.45) is 0 Å². The van der Waals surface area contributed by atoms with Crippen LogP contribution in [0, 0.1) is 13.8 Å². The first-order valence-electron chi connectivity index (χ1n) is 6.48. The van der Waals surface area contributed by atoms with Gasteiger partial charge < -0.3 is 10.6 Å². The first kappa shape index (κ1) is 14.1. The Morgan fingerprint density at radius 2 is 1.85 bits per heavy atom.